The fourth-order valence-electron chi connectivity index (χ4n) is 10.5. The van der Waals surface area contributed by atoms with Crippen molar-refractivity contribution in [3.8, 4) is 11.1 Å². The zero-order valence-corrected chi connectivity index (χ0v) is 34.4. The minimum absolute atomic E-state index is 0.100. The summed E-state index contributed by atoms with van der Waals surface area (Å²) in [5, 5.41) is 9.95. The first-order valence-electron chi connectivity index (χ1n) is 21.7. The lowest BCUT2D eigenvalue weighted by atomic mass is 9.61. The van der Waals surface area contributed by atoms with E-state index in [9.17, 15) is 0 Å². The summed E-state index contributed by atoms with van der Waals surface area (Å²) in [6.45, 7) is 2.42. The van der Waals surface area contributed by atoms with Gasteiger partial charge in [0.15, 0.2) is 6.17 Å². The number of allylic oxidation sites excluding steroid dienone is 2. The Hall–Kier alpha value is -7.50. The molecule has 7 aromatic carbocycles. The third-order valence-electron chi connectivity index (χ3n) is 13.4. The number of fused-ring (bicyclic) bond motifs is 6. The number of para-hydroxylation sites is 1. The van der Waals surface area contributed by atoms with Gasteiger partial charge >= 0.3 is 0 Å². The van der Waals surface area contributed by atoms with Crippen molar-refractivity contribution in [3.05, 3.63) is 244 Å². The molecule has 0 bridgehead atoms. The number of amidine groups is 2. The second-order valence-corrected chi connectivity index (χ2v) is 16.9. The molecular formula is C57H44N4O. The number of ether oxygens (including phenoxy) is 1. The molecule has 7 aromatic rings. The Labute approximate surface area is 362 Å². The normalized spacial score (nSPS) is 22.2. The van der Waals surface area contributed by atoms with Crippen molar-refractivity contribution < 1.29 is 4.74 Å². The first-order valence-corrected chi connectivity index (χ1v) is 21.7. The van der Waals surface area contributed by atoms with E-state index >= 15 is 0 Å². The van der Waals surface area contributed by atoms with Gasteiger partial charge in [-0.3, -0.25) is 0 Å². The van der Waals surface area contributed by atoms with E-state index in [0.29, 0.717) is 0 Å². The van der Waals surface area contributed by atoms with Gasteiger partial charge in [-0.1, -0.05) is 170 Å². The molecule has 0 aromatic heterocycles. The molecule has 0 spiro atoms. The molecule has 5 aliphatic rings. The van der Waals surface area contributed by atoms with Crippen LogP contribution in [0.5, 0.6) is 0 Å². The number of rotatable bonds is 6. The summed E-state index contributed by atoms with van der Waals surface area (Å²) in [7, 11) is 0. The van der Waals surface area contributed by atoms with Crippen LogP contribution in [0.4, 0.5) is 5.69 Å². The average Bonchev–Trinajstić information content (AvgIpc) is 3.64. The molecule has 5 heteroatoms. The number of anilines is 1. The smallest absolute Gasteiger partial charge is 0.169 e. The van der Waals surface area contributed by atoms with Crippen LogP contribution in [0.2, 0.25) is 0 Å². The van der Waals surface area contributed by atoms with Crippen LogP contribution in [0.1, 0.15) is 65.4 Å². The minimum Gasteiger partial charge on any atom is -0.485 e. The van der Waals surface area contributed by atoms with Crippen LogP contribution in [-0.2, 0) is 4.74 Å². The fourth-order valence-corrected chi connectivity index (χ4v) is 10.5. The van der Waals surface area contributed by atoms with E-state index in [-0.39, 0.29) is 23.7 Å². The van der Waals surface area contributed by atoms with Crippen molar-refractivity contribution in [3.63, 3.8) is 0 Å². The lowest BCUT2D eigenvalue weighted by Crippen LogP contribution is -2.37. The van der Waals surface area contributed by atoms with Crippen molar-refractivity contribution in [2.45, 2.75) is 38.1 Å². The number of hydrogen-bond donors (Lipinski definition) is 2. The van der Waals surface area contributed by atoms with E-state index in [0.717, 1.165) is 69.0 Å². The molecule has 2 aliphatic carbocycles. The monoisotopic (exact) mass is 800 g/mol. The molecule has 0 fully saturated rings. The van der Waals surface area contributed by atoms with Crippen LogP contribution in [-0.4, -0.2) is 17.8 Å². The SMILES string of the molecule is CC12C3=C(C=CCC3)O[C@H]1C=C1C(=C2c2ccccc2)c2ccccc2NC1c1cccc(-c2ccc(C3=NC(c4ccccc4)N=C(c4ccccc4)N3)c3ccccc23)c1. The molecule has 4 atom stereocenters. The summed E-state index contributed by atoms with van der Waals surface area (Å²) in [5.74, 6) is 2.65. The van der Waals surface area contributed by atoms with Gasteiger partial charge < -0.3 is 15.4 Å². The molecule has 0 saturated heterocycles. The summed E-state index contributed by atoms with van der Waals surface area (Å²) in [6, 6.07) is 62.7. The van der Waals surface area contributed by atoms with E-state index in [1.807, 2.05) is 24.3 Å². The van der Waals surface area contributed by atoms with Crippen LogP contribution in [0.15, 0.2) is 221 Å². The van der Waals surface area contributed by atoms with E-state index in [1.165, 1.54) is 44.5 Å². The topological polar surface area (TPSA) is 58.0 Å². The van der Waals surface area contributed by atoms with Gasteiger partial charge in [0, 0.05) is 22.4 Å². The minimum atomic E-state index is -0.369. The van der Waals surface area contributed by atoms with Gasteiger partial charge in [0.25, 0.3) is 0 Å². The van der Waals surface area contributed by atoms with Crippen LogP contribution in [0.25, 0.3) is 33.0 Å². The van der Waals surface area contributed by atoms with Crippen LogP contribution < -0.4 is 10.6 Å². The number of benzene rings is 7. The molecule has 298 valence electrons. The zero-order valence-electron chi connectivity index (χ0n) is 34.4. The lowest BCUT2D eigenvalue weighted by molar-refractivity contribution is 0.140. The molecule has 3 unspecified atom stereocenters. The Morgan fingerprint density at radius 2 is 1.24 bits per heavy atom. The highest BCUT2D eigenvalue weighted by Crippen LogP contribution is 2.62. The van der Waals surface area contributed by atoms with Gasteiger partial charge in [0.05, 0.1) is 11.5 Å². The maximum atomic E-state index is 6.94. The highest BCUT2D eigenvalue weighted by molar-refractivity contribution is 6.21. The molecule has 0 radical (unpaired) electrons. The largest absolute Gasteiger partial charge is 0.485 e. The Kier molecular flexibility index (Phi) is 8.56. The molecule has 2 N–H and O–H groups in total. The van der Waals surface area contributed by atoms with Gasteiger partial charge in [0.2, 0.25) is 0 Å². The summed E-state index contributed by atoms with van der Waals surface area (Å²) < 4.78 is 6.94. The second-order valence-electron chi connectivity index (χ2n) is 16.9. The highest BCUT2D eigenvalue weighted by Gasteiger charge is 2.53. The maximum Gasteiger partial charge on any atom is 0.169 e. The molecule has 12 rings (SSSR count). The quantitative estimate of drug-likeness (QED) is 0.176. The summed E-state index contributed by atoms with van der Waals surface area (Å²) in [4.78, 5) is 10.3. The van der Waals surface area contributed by atoms with Crippen molar-refractivity contribution in [1.82, 2.24) is 5.32 Å². The lowest BCUT2D eigenvalue weighted by Gasteiger charge is -2.44. The Bertz CT molecular complexity index is 3120. The predicted octanol–water partition coefficient (Wildman–Crippen LogP) is 13.0. The van der Waals surface area contributed by atoms with Gasteiger partial charge in [-0.2, -0.15) is 0 Å². The Morgan fingerprint density at radius 1 is 0.597 bits per heavy atom. The molecule has 3 aliphatic heterocycles. The molecule has 62 heavy (non-hydrogen) atoms. The molecule has 0 amide bonds. The van der Waals surface area contributed by atoms with E-state index < -0.39 is 0 Å². The Balaban J connectivity index is 0.979. The number of nitrogens with one attached hydrogen (secondary N) is 2. The van der Waals surface area contributed by atoms with Gasteiger partial charge in [0.1, 0.15) is 23.5 Å². The summed E-state index contributed by atoms with van der Waals surface area (Å²) in [6.07, 6.45) is 8.44. The van der Waals surface area contributed by atoms with Crippen LogP contribution >= 0.6 is 0 Å². The van der Waals surface area contributed by atoms with Crippen LogP contribution in [0, 0.1) is 5.41 Å². The Morgan fingerprint density at radius 3 is 2.05 bits per heavy atom. The average molecular weight is 801 g/mol. The van der Waals surface area contributed by atoms with E-state index in [1.54, 1.807) is 0 Å². The first kappa shape index (κ1) is 36.4. The standard InChI is InChI=1S/C57H44N4O/c1-57-47-29-14-16-31-49(47)62-50(57)35-46-51(52(57)36-18-5-2-6-19-36)45-28-13-15-30-48(45)58-53(46)40-25-17-24-39(34-40)41-32-33-44(43-27-12-11-26-42(41)43)56-60-54(37-20-7-3-8-21-37)59-55(61-56)38-22-9-4-10-23-38/h2-13,15-28,30-35,50,53-54,58H,14,29H2,1H3,(H,59,60,61)/t50-,53?,54?,57?/m0/s1. The van der Waals surface area contributed by atoms with E-state index in [4.69, 9.17) is 14.7 Å². The zero-order chi connectivity index (χ0) is 41.2. The maximum absolute atomic E-state index is 6.94. The van der Waals surface area contributed by atoms with Gasteiger partial charge in [-0.15, -0.1) is 0 Å². The number of nitrogens with zero attached hydrogens (tertiary/aromatic N) is 2. The third kappa shape index (κ3) is 5.83. The first-order chi connectivity index (χ1) is 30.6. The van der Waals surface area contributed by atoms with Crippen molar-refractivity contribution in [2.75, 3.05) is 5.32 Å². The summed E-state index contributed by atoms with van der Waals surface area (Å²) in [5.41, 5.74) is 15.3. The van der Waals surface area contributed by atoms with Gasteiger partial charge in [-0.25, -0.2) is 9.98 Å². The van der Waals surface area contributed by atoms with E-state index in [2.05, 4.69) is 187 Å². The number of hydrogen-bond acceptors (Lipinski definition) is 5. The predicted molar refractivity (Wildman–Crippen MR) is 254 cm³/mol. The molecule has 3 heterocycles. The summed E-state index contributed by atoms with van der Waals surface area (Å²) >= 11 is 0. The van der Waals surface area contributed by atoms with Crippen molar-refractivity contribution >= 4 is 39.3 Å². The molecular weight excluding hydrogens is 757 g/mol. The van der Waals surface area contributed by atoms with Gasteiger partial charge in [-0.05, 0) is 105 Å². The van der Waals surface area contributed by atoms with Crippen molar-refractivity contribution in [1.29, 1.82) is 0 Å². The van der Waals surface area contributed by atoms with Crippen LogP contribution in [0.3, 0.4) is 0 Å². The number of aliphatic imine (C=N–C) groups is 2. The highest BCUT2D eigenvalue weighted by atomic mass is 16.5. The van der Waals surface area contributed by atoms with Crippen molar-refractivity contribution in [2.24, 2.45) is 15.4 Å². The molecule has 0 saturated carbocycles. The third-order valence-corrected chi connectivity index (χ3v) is 13.4. The fraction of sp³-hybridized carbons (Fsp3) is 0.123. The molecule has 5 nitrogen and oxygen atoms in total. The second kappa shape index (κ2) is 14.6.